The third-order valence-electron chi connectivity index (χ3n) is 3.47. The molecule has 0 aliphatic carbocycles. The average molecular weight is 240 g/mol. The number of likely N-dealkylation sites (tertiary alicyclic amines) is 1. The molecule has 0 spiro atoms. The Morgan fingerprint density at radius 3 is 2.72 bits per heavy atom. The Kier molecular flexibility index (Phi) is 2.74. The van der Waals surface area contributed by atoms with Crippen LogP contribution in [-0.2, 0) is 0 Å². The molecule has 1 aliphatic heterocycles. The second-order valence-electron chi connectivity index (χ2n) is 4.83. The Morgan fingerprint density at radius 2 is 1.94 bits per heavy atom. The number of hydrogen-bond donors (Lipinski definition) is 0. The molecule has 0 unspecified atom stereocenters. The van der Waals surface area contributed by atoms with E-state index in [4.69, 9.17) is 0 Å². The van der Waals surface area contributed by atoms with Crippen molar-refractivity contribution in [1.29, 1.82) is 0 Å². The van der Waals surface area contributed by atoms with Gasteiger partial charge < -0.3 is 4.90 Å². The maximum Gasteiger partial charge on any atom is 0.254 e. The largest absolute Gasteiger partial charge is 0.339 e. The van der Waals surface area contributed by atoms with Crippen LogP contribution < -0.4 is 0 Å². The van der Waals surface area contributed by atoms with Crippen molar-refractivity contribution in [2.75, 3.05) is 13.1 Å². The highest BCUT2D eigenvalue weighted by molar-refractivity contribution is 6.06. The van der Waals surface area contributed by atoms with Gasteiger partial charge in [0.1, 0.15) is 0 Å². The molecular weight excluding hydrogens is 224 g/mol. The van der Waals surface area contributed by atoms with E-state index >= 15 is 0 Å². The van der Waals surface area contributed by atoms with Crippen LogP contribution in [0, 0.1) is 6.92 Å². The molecule has 3 nitrogen and oxygen atoms in total. The van der Waals surface area contributed by atoms with Crippen molar-refractivity contribution in [3.8, 4) is 0 Å². The van der Waals surface area contributed by atoms with Crippen molar-refractivity contribution in [2.45, 2.75) is 19.8 Å². The Hall–Kier alpha value is -1.90. The third-order valence-corrected chi connectivity index (χ3v) is 3.47. The lowest BCUT2D eigenvalue weighted by molar-refractivity contribution is 0.0794. The van der Waals surface area contributed by atoms with Crippen LogP contribution in [0.5, 0.6) is 0 Å². The summed E-state index contributed by atoms with van der Waals surface area (Å²) in [6.07, 6.45) is 2.24. The number of rotatable bonds is 1. The van der Waals surface area contributed by atoms with Crippen molar-refractivity contribution >= 4 is 16.8 Å². The zero-order valence-corrected chi connectivity index (χ0v) is 10.5. The van der Waals surface area contributed by atoms with Crippen molar-refractivity contribution < 1.29 is 4.79 Å². The minimum atomic E-state index is 0.147. The quantitative estimate of drug-likeness (QED) is 0.768. The van der Waals surface area contributed by atoms with E-state index in [0.29, 0.717) is 0 Å². The van der Waals surface area contributed by atoms with Gasteiger partial charge in [0, 0.05) is 24.2 Å². The number of pyridine rings is 1. The number of carbonyl (C=O) groups is 1. The van der Waals surface area contributed by atoms with Gasteiger partial charge in [0.25, 0.3) is 5.91 Å². The summed E-state index contributed by atoms with van der Waals surface area (Å²) in [7, 11) is 0. The number of fused-ring (bicyclic) bond motifs is 1. The summed E-state index contributed by atoms with van der Waals surface area (Å²) >= 11 is 0. The van der Waals surface area contributed by atoms with Crippen LogP contribution in [0.1, 0.15) is 28.9 Å². The molecule has 92 valence electrons. The second-order valence-corrected chi connectivity index (χ2v) is 4.83. The maximum atomic E-state index is 12.5. The standard InChI is InChI=1S/C15H16N2O/c1-11-10-13(15(18)17-8-4-5-9-17)12-6-2-3-7-14(12)16-11/h2-3,6-7,10H,4-5,8-9H2,1H3. The molecule has 0 saturated carbocycles. The van der Waals surface area contributed by atoms with Crippen LogP contribution in [0.25, 0.3) is 10.9 Å². The minimum Gasteiger partial charge on any atom is -0.339 e. The van der Waals surface area contributed by atoms with E-state index in [1.54, 1.807) is 0 Å². The average Bonchev–Trinajstić information content (AvgIpc) is 2.90. The van der Waals surface area contributed by atoms with E-state index < -0.39 is 0 Å². The summed E-state index contributed by atoms with van der Waals surface area (Å²) in [5.74, 6) is 0.147. The molecule has 2 heterocycles. The first-order valence-corrected chi connectivity index (χ1v) is 6.41. The Morgan fingerprint density at radius 1 is 1.22 bits per heavy atom. The van der Waals surface area contributed by atoms with E-state index in [2.05, 4.69) is 4.98 Å². The summed E-state index contributed by atoms with van der Waals surface area (Å²) in [6.45, 7) is 3.70. The predicted octanol–water partition coefficient (Wildman–Crippen LogP) is 2.78. The number of aromatic nitrogens is 1. The number of amides is 1. The molecule has 1 amide bonds. The number of nitrogens with zero attached hydrogens (tertiary/aromatic N) is 2. The lowest BCUT2D eigenvalue weighted by Gasteiger charge is -2.16. The van der Waals surface area contributed by atoms with E-state index in [0.717, 1.165) is 48.1 Å². The van der Waals surface area contributed by atoms with E-state index in [9.17, 15) is 4.79 Å². The lowest BCUT2D eigenvalue weighted by Crippen LogP contribution is -2.27. The highest BCUT2D eigenvalue weighted by Crippen LogP contribution is 2.21. The first kappa shape index (κ1) is 11.2. The molecule has 0 radical (unpaired) electrons. The van der Waals surface area contributed by atoms with Gasteiger partial charge in [-0.3, -0.25) is 9.78 Å². The van der Waals surface area contributed by atoms with E-state index in [1.165, 1.54) is 0 Å². The van der Waals surface area contributed by atoms with Crippen molar-refractivity contribution in [3.63, 3.8) is 0 Å². The van der Waals surface area contributed by atoms with Crippen LogP contribution in [0.15, 0.2) is 30.3 Å². The van der Waals surface area contributed by atoms with Gasteiger partial charge in [-0.25, -0.2) is 0 Å². The Bertz CT molecular complexity index is 600. The summed E-state index contributed by atoms with van der Waals surface area (Å²) in [4.78, 5) is 18.9. The monoisotopic (exact) mass is 240 g/mol. The number of para-hydroxylation sites is 1. The molecule has 1 saturated heterocycles. The van der Waals surface area contributed by atoms with Crippen molar-refractivity contribution in [2.24, 2.45) is 0 Å². The molecule has 2 aromatic rings. The van der Waals surface area contributed by atoms with E-state index in [1.807, 2.05) is 42.2 Å². The SMILES string of the molecule is Cc1cc(C(=O)N2CCCC2)c2ccccc2n1. The normalized spacial score (nSPS) is 15.3. The molecule has 1 aliphatic rings. The number of hydrogen-bond acceptors (Lipinski definition) is 2. The fourth-order valence-electron chi connectivity index (χ4n) is 2.58. The third kappa shape index (κ3) is 1.86. The summed E-state index contributed by atoms with van der Waals surface area (Å²) in [5, 5.41) is 0.958. The van der Waals surface area contributed by atoms with Gasteiger partial charge in [-0.2, -0.15) is 0 Å². The molecule has 1 aromatic heterocycles. The van der Waals surface area contributed by atoms with Crippen LogP contribution in [-0.4, -0.2) is 28.9 Å². The predicted molar refractivity (Wildman–Crippen MR) is 71.6 cm³/mol. The zero-order valence-electron chi connectivity index (χ0n) is 10.5. The molecular formula is C15H16N2O. The van der Waals surface area contributed by atoms with Gasteiger partial charge in [0.15, 0.2) is 0 Å². The van der Waals surface area contributed by atoms with Crippen LogP contribution in [0.3, 0.4) is 0 Å². The fraction of sp³-hybridized carbons (Fsp3) is 0.333. The van der Waals surface area contributed by atoms with Crippen LogP contribution in [0.2, 0.25) is 0 Å². The van der Waals surface area contributed by atoms with Gasteiger partial charge >= 0.3 is 0 Å². The molecule has 3 rings (SSSR count). The zero-order chi connectivity index (χ0) is 12.5. The van der Waals surface area contributed by atoms with Crippen LogP contribution in [0.4, 0.5) is 0 Å². The molecule has 0 bridgehead atoms. The molecule has 1 fully saturated rings. The minimum absolute atomic E-state index is 0.147. The molecule has 3 heteroatoms. The molecule has 18 heavy (non-hydrogen) atoms. The number of benzene rings is 1. The highest BCUT2D eigenvalue weighted by atomic mass is 16.2. The topological polar surface area (TPSA) is 33.2 Å². The lowest BCUT2D eigenvalue weighted by atomic mass is 10.1. The van der Waals surface area contributed by atoms with E-state index in [-0.39, 0.29) is 5.91 Å². The number of aryl methyl sites for hydroxylation is 1. The summed E-state index contributed by atoms with van der Waals surface area (Å²) < 4.78 is 0. The van der Waals surface area contributed by atoms with Crippen molar-refractivity contribution in [1.82, 2.24) is 9.88 Å². The van der Waals surface area contributed by atoms with Crippen LogP contribution >= 0.6 is 0 Å². The highest BCUT2D eigenvalue weighted by Gasteiger charge is 2.21. The second kappa shape index (κ2) is 4.41. The first-order valence-electron chi connectivity index (χ1n) is 6.41. The van der Waals surface area contributed by atoms with Gasteiger partial charge in [-0.1, -0.05) is 18.2 Å². The molecule has 0 N–H and O–H groups in total. The summed E-state index contributed by atoms with van der Waals surface area (Å²) in [5.41, 5.74) is 2.59. The number of carbonyl (C=O) groups excluding carboxylic acids is 1. The van der Waals surface area contributed by atoms with Gasteiger partial charge in [-0.05, 0) is 31.9 Å². The first-order chi connectivity index (χ1) is 8.75. The Labute approximate surface area is 106 Å². The molecule has 0 atom stereocenters. The van der Waals surface area contributed by atoms with Gasteiger partial charge in [-0.15, -0.1) is 0 Å². The van der Waals surface area contributed by atoms with Gasteiger partial charge in [0.05, 0.1) is 11.1 Å². The summed E-state index contributed by atoms with van der Waals surface area (Å²) in [6, 6.07) is 9.76. The van der Waals surface area contributed by atoms with Gasteiger partial charge in [0.2, 0.25) is 0 Å². The molecule has 1 aromatic carbocycles. The van der Waals surface area contributed by atoms with Crippen molar-refractivity contribution in [3.05, 3.63) is 41.6 Å². The fourth-order valence-corrected chi connectivity index (χ4v) is 2.58. The maximum absolute atomic E-state index is 12.5. The smallest absolute Gasteiger partial charge is 0.254 e. The Balaban J connectivity index is 2.12.